The van der Waals surface area contributed by atoms with E-state index in [0.717, 1.165) is 0 Å². The van der Waals surface area contributed by atoms with E-state index in [0.29, 0.717) is 19.3 Å². The minimum absolute atomic E-state index is 0.0685. The molecule has 1 spiro atoms. The van der Waals surface area contributed by atoms with E-state index < -0.39 is 11.6 Å². The molecule has 2 heterocycles. The Morgan fingerprint density at radius 1 is 1.57 bits per heavy atom. The van der Waals surface area contributed by atoms with Gasteiger partial charge in [0.15, 0.2) is 0 Å². The van der Waals surface area contributed by atoms with Gasteiger partial charge in [0, 0.05) is 13.0 Å². The standard InChI is InChI=1S/C8H10N2O4/c11-3-2-10-7(13)9-6(12)8(10)1-4-14-5-8/h3H,1-2,4-5H2,(H,9,12,13). The maximum atomic E-state index is 11.5. The van der Waals surface area contributed by atoms with E-state index in [1.54, 1.807) is 0 Å². The van der Waals surface area contributed by atoms with E-state index in [9.17, 15) is 14.4 Å². The molecule has 1 unspecified atom stereocenters. The van der Waals surface area contributed by atoms with Gasteiger partial charge in [-0.1, -0.05) is 0 Å². The normalized spacial score (nSPS) is 31.3. The molecule has 0 saturated carbocycles. The zero-order valence-corrected chi connectivity index (χ0v) is 7.49. The smallest absolute Gasteiger partial charge is 0.325 e. The van der Waals surface area contributed by atoms with Crippen LogP contribution in [0.4, 0.5) is 4.79 Å². The molecule has 1 atom stereocenters. The van der Waals surface area contributed by atoms with Gasteiger partial charge in [0.05, 0.1) is 13.2 Å². The highest BCUT2D eigenvalue weighted by molar-refractivity contribution is 6.07. The second-order valence-corrected chi connectivity index (χ2v) is 3.37. The SMILES string of the molecule is O=CCN1C(=O)NC(=O)C12CCOC2. The lowest BCUT2D eigenvalue weighted by atomic mass is 9.97. The highest BCUT2D eigenvalue weighted by Gasteiger charge is 2.54. The molecule has 1 N–H and O–H groups in total. The predicted molar refractivity (Wildman–Crippen MR) is 44.5 cm³/mol. The number of ether oxygens (including phenoxy) is 1. The van der Waals surface area contributed by atoms with Crippen LogP contribution in [0, 0.1) is 0 Å². The summed E-state index contributed by atoms with van der Waals surface area (Å²) in [5, 5.41) is 2.19. The van der Waals surface area contributed by atoms with Crippen LogP contribution in [-0.4, -0.2) is 48.4 Å². The quantitative estimate of drug-likeness (QED) is 0.451. The fourth-order valence-electron chi connectivity index (χ4n) is 1.88. The number of imide groups is 1. The third kappa shape index (κ3) is 1.04. The summed E-state index contributed by atoms with van der Waals surface area (Å²) in [6.07, 6.45) is 1.07. The van der Waals surface area contributed by atoms with Crippen molar-refractivity contribution in [3.63, 3.8) is 0 Å². The molecular weight excluding hydrogens is 188 g/mol. The summed E-state index contributed by atoms with van der Waals surface area (Å²) < 4.78 is 5.11. The van der Waals surface area contributed by atoms with Gasteiger partial charge in [-0.3, -0.25) is 10.1 Å². The predicted octanol–water partition coefficient (Wildman–Crippen LogP) is -1.10. The molecule has 2 aliphatic heterocycles. The minimum Gasteiger partial charge on any atom is -0.378 e. The largest absolute Gasteiger partial charge is 0.378 e. The number of nitrogens with zero attached hydrogens (tertiary/aromatic N) is 1. The van der Waals surface area contributed by atoms with Crippen LogP contribution in [0.1, 0.15) is 6.42 Å². The summed E-state index contributed by atoms with van der Waals surface area (Å²) in [5.74, 6) is -0.359. The van der Waals surface area contributed by atoms with Gasteiger partial charge in [-0.25, -0.2) is 4.79 Å². The zero-order chi connectivity index (χ0) is 10.2. The first-order valence-electron chi connectivity index (χ1n) is 4.35. The van der Waals surface area contributed by atoms with Gasteiger partial charge in [-0.15, -0.1) is 0 Å². The van der Waals surface area contributed by atoms with Crippen molar-refractivity contribution in [3.05, 3.63) is 0 Å². The second kappa shape index (κ2) is 3.06. The Bertz CT molecular complexity index is 296. The molecule has 6 nitrogen and oxygen atoms in total. The first kappa shape index (κ1) is 9.14. The molecule has 76 valence electrons. The van der Waals surface area contributed by atoms with Gasteiger partial charge in [-0.2, -0.15) is 0 Å². The molecular formula is C8H10N2O4. The molecule has 2 saturated heterocycles. The first-order chi connectivity index (χ1) is 6.70. The van der Waals surface area contributed by atoms with Crippen molar-refractivity contribution < 1.29 is 19.1 Å². The van der Waals surface area contributed by atoms with Gasteiger partial charge in [-0.05, 0) is 0 Å². The molecule has 14 heavy (non-hydrogen) atoms. The van der Waals surface area contributed by atoms with Crippen molar-refractivity contribution in [3.8, 4) is 0 Å². The third-order valence-corrected chi connectivity index (χ3v) is 2.66. The molecule has 0 aliphatic carbocycles. The first-order valence-corrected chi connectivity index (χ1v) is 4.35. The fraction of sp³-hybridized carbons (Fsp3) is 0.625. The second-order valence-electron chi connectivity index (χ2n) is 3.37. The summed E-state index contributed by atoms with van der Waals surface area (Å²) in [6, 6.07) is -0.507. The topological polar surface area (TPSA) is 75.7 Å². The van der Waals surface area contributed by atoms with Crippen molar-refractivity contribution in [1.29, 1.82) is 0 Å². The summed E-state index contributed by atoms with van der Waals surface area (Å²) in [4.78, 5) is 34.5. The highest BCUT2D eigenvalue weighted by atomic mass is 16.5. The van der Waals surface area contributed by atoms with Gasteiger partial charge < -0.3 is 14.4 Å². The van der Waals surface area contributed by atoms with Crippen molar-refractivity contribution in [2.45, 2.75) is 12.0 Å². The maximum absolute atomic E-state index is 11.5. The van der Waals surface area contributed by atoms with Crippen LogP contribution in [0.25, 0.3) is 0 Å². The molecule has 0 aromatic rings. The zero-order valence-electron chi connectivity index (χ0n) is 7.49. The Kier molecular flexibility index (Phi) is 1.99. The molecule has 2 rings (SSSR count). The number of aldehydes is 1. The van der Waals surface area contributed by atoms with Crippen LogP contribution in [0.2, 0.25) is 0 Å². The Morgan fingerprint density at radius 3 is 2.93 bits per heavy atom. The van der Waals surface area contributed by atoms with Gasteiger partial charge in [0.2, 0.25) is 0 Å². The van der Waals surface area contributed by atoms with E-state index in [1.807, 2.05) is 0 Å². The summed E-state index contributed by atoms with van der Waals surface area (Å²) in [7, 11) is 0. The van der Waals surface area contributed by atoms with Gasteiger partial charge in [0.25, 0.3) is 5.91 Å². The Labute approximate surface area is 80.2 Å². The molecule has 3 amide bonds. The van der Waals surface area contributed by atoms with E-state index in [2.05, 4.69) is 5.32 Å². The van der Waals surface area contributed by atoms with Crippen LogP contribution < -0.4 is 5.32 Å². The number of urea groups is 1. The molecule has 0 radical (unpaired) electrons. The number of hydrogen-bond donors (Lipinski definition) is 1. The molecule has 2 aliphatic rings. The van der Waals surface area contributed by atoms with Crippen molar-refractivity contribution >= 4 is 18.2 Å². The molecule has 6 heteroatoms. The molecule has 0 aromatic carbocycles. The fourth-order valence-corrected chi connectivity index (χ4v) is 1.88. The lowest BCUT2D eigenvalue weighted by Crippen LogP contribution is -2.50. The van der Waals surface area contributed by atoms with E-state index in [4.69, 9.17) is 4.74 Å². The van der Waals surface area contributed by atoms with E-state index in [1.165, 1.54) is 4.90 Å². The van der Waals surface area contributed by atoms with Crippen LogP contribution in [-0.2, 0) is 14.3 Å². The van der Waals surface area contributed by atoms with Crippen LogP contribution in [0.5, 0.6) is 0 Å². The van der Waals surface area contributed by atoms with Crippen molar-refractivity contribution in [2.24, 2.45) is 0 Å². The Balaban J connectivity index is 2.30. The van der Waals surface area contributed by atoms with Gasteiger partial charge in [0.1, 0.15) is 11.8 Å². The molecule has 2 fully saturated rings. The lowest BCUT2D eigenvalue weighted by molar-refractivity contribution is -0.127. The van der Waals surface area contributed by atoms with Gasteiger partial charge >= 0.3 is 6.03 Å². The van der Waals surface area contributed by atoms with Crippen LogP contribution >= 0.6 is 0 Å². The average Bonchev–Trinajstić information content (AvgIpc) is 2.70. The number of amides is 3. The maximum Gasteiger partial charge on any atom is 0.325 e. The summed E-state index contributed by atoms with van der Waals surface area (Å²) in [5.41, 5.74) is -0.933. The monoisotopic (exact) mass is 198 g/mol. The van der Waals surface area contributed by atoms with Crippen LogP contribution in [0.3, 0.4) is 0 Å². The Hall–Kier alpha value is -1.43. The molecule has 0 bridgehead atoms. The number of carbonyl (C=O) groups excluding carboxylic acids is 3. The van der Waals surface area contributed by atoms with E-state index in [-0.39, 0.29) is 19.1 Å². The summed E-state index contributed by atoms with van der Waals surface area (Å²) >= 11 is 0. The number of rotatable bonds is 2. The van der Waals surface area contributed by atoms with Crippen molar-refractivity contribution in [2.75, 3.05) is 19.8 Å². The highest BCUT2D eigenvalue weighted by Crippen LogP contribution is 2.30. The van der Waals surface area contributed by atoms with E-state index >= 15 is 0 Å². The molecule has 0 aromatic heterocycles. The number of nitrogens with one attached hydrogen (secondary N) is 1. The van der Waals surface area contributed by atoms with Crippen molar-refractivity contribution in [1.82, 2.24) is 10.2 Å². The Morgan fingerprint density at radius 2 is 2.36 bits per heavy atom. The number of hydrogen-bond acceptors (Lipinski definition) is 4. The van der Waals surface area contributed by atoms with Crippen LogP contribution in [0.15, 0.2) is 0 Å². The average molecular weight is 198 g/mol. The third-order valence-electron chi connectivity index (χ3n) is 2.66. The minimum atomic E-state index is -0.933. The number of carbonyl (C=O) groups is 3. The lowest BCUT2D eigenvalue weighted by Gasteiger charge is -2.27. The summed E-state index contributed by atoms with van der Waals surface area (Å²) in [6.45, 7) is 0.551.